The molecular formula is C13H18O3S. The Kier molecular flexibility index (Phi) is 6.90. The van der Waals surface area contributed by atoms with Crippen molar-refractivity contribution < 1.29 is 14.6 Å². The largest absolute Gasteiger partial charge is 0.395 e. The van der Waals surface area contributed by atoms with Gasteiger partial charge in [-0.3, -0.25) is 0 Å². The molecule has 0 bridgehead atoms. The summed E-state index contributed by atoms with van der Waals surface area (Å²) in [7, 11) is 1.67. The molecule has 0 aliphatic heterocycles. The van der Waals surface area contributed by atoms with Crippen molar-refractivity contribution >= 4 is 11.3 Å². The first kappa shape index (κ1) is 14.2. The highest BCUT2D eigenvalue weighted by molar-refractivity contribution is 7.12. The summed E-state index contributed by atoms with van der Waals surface area (Å²) in [6.45, 7) is 3.30. The minimum Gasteiger partial charge on any atom is -0.395 e. The molecule has 1 aromatic heterocycles. The van der Waals surface area contributed by atoms with E-state index < -0.39 is 0 Å². The molecule has 17 heavy (non-hydrogen) atoms. The molecular weight excluding hydrogens is 236 g/mol. The lowest BCUT2D eigenvalue weighted by Gasteiger charge is -2.10. The van der Waals surface area contributed by atoms with Gasteiger partial charge in [-0.05, 0) is 19.1 Å². The minimum atomic E-state index is 0.103. The summed E-state index contributed by atoms with van der Waals surface area (Å²) in [5.74, 6) is 5.91. The average Bonchev–Trinajstić information content (AvgIpc) is 2.75. The Bertz CT molecular complexity index is 376. The van der Waals surface area contributed by atoms with Crippen molar-refractivity contribution in [2.45, 2.75) is 26.1 Å². The summed E-state index contributed by atoms with van der Waals surface area (Å²) in [6.07, 6.45) is 0.625. The lowest BCUT2D eigenvalue weighted by Crippen LogP contribution is -2.14. The smallest absolute Gasteiger partial charge is 0.0814 e. The fourth-order valence-electron chi connectivity index (χ4n) is 1.24. The lowest BCUT2D eigenvalue weighted by atomic mass is 10.4. The third kappa shape index (κ3) is 5.85. The molecule has 94 valence electrons. The molecule has 0 aromatic carbocycles. The van der Waals surface area contributed by atoms with Crippen LogP contribution in [0.3, 0.4) is 0 Å². The molecule has 0 radical (unpaired) electrons. The molecule has 0 amide bonds. The van der Waals surface area contributed by atoms with Gasteiger partial charge in [0, 0.05) is 18.4 Å². The van der Waals surface area contributed by atoms with E-state index in [1.54, 1.807) is 18.4 Å². The number of methoxy groups -OCH3 is 1. The van der Waals surface area contributed by atoms with E-state index in [0.29, 0.717) is 19.6 Å². The predicted molar refractivity (Wildman–Crippen MR) is 69.0 cm³/mol. The molecule has 0 aliphatic carbocycles. The lowest BCUT2D eigenvalue weighted by molar-refractivity contribution is 0.000928. The second-order valence-electron chi connectivity index (χ2n) is 3.62. The minimum absolute atomic E-state index is 0.103. The number of aliphatic hydroxyl groups excluding tert-OH is 1. The third-order valence-electron chi connectivity index (χ3n) is 2.02. The van der Waals surface area contributed by atoms with Crippen molar-refractivity contribution in [1.29, 1.82) is 0 Å². The van der Waals surface area contributed by atoms with Crippen molar-refractivity contribution in [1.82, 2.24) is 0 Å². The monoisotopic (exact) mass is 254 g/mol. The molecule has 1 heterocycles. The maximum atomic E-state index is 8.61. The van der Waals surface area contributed by atoms with Crippen LogP contribution in [0, 0.1) is 11.8 Å². The summed E-state index contributed by atoms with van der Waals surface area (Å²) in [6, 6.07) is 4.00. The molecule has 0 spiro atoms. The Balaban J connectivity index is 2.38. The molecule has 4 heteroatoms. The standard InChI is InChI=1S/C13H18O3S/c1-11(9-15-2)16-10-13-7-6-12(17-13)5-3-4-8-14/h6-7,11,14H,4,8-10H2,1-2H3. The number of thiophene rings is 1. The molecule has 1 N–H and O–H groups in total. The van der Waals surface area contributed by atoms with E-state index in [1.807, 2.05) is 19.1 Å². The average molecular weight is 254 g/mol. The first-order valence-corrected chi connectivity index (χ1v) is 6.37. The highest BCUT2D eigenvalue weighted by Crippen LogP contribution is 2.17. The Hall–Kier alpha value is -0.860. The van der Waals surface area contributed by atoms with Gasteiger partial charge in [0.25, 0.3) is 0 Å². The number of rotatable bonds is 6. The normalized spacial score (nSPS) is 11.9. The SMILES string of the molecule is COCC(C)OCc1ccc(C#CCCO)s1. The summed E-state index contributed by atoms with van der Waals surface area (Å²) >= 11 is 1.62. The summed E-state index contributed by atoms with van der Waals surface area (Å²) in [4.78, 5) is 2.16. The van der Waals surface area contributed by atoms with Gasteiger partial charge < -0.3 is 14.6 Å². The second-order valence-corrected chi connectivity index (χ2v) is 4.79. The molecule has 1 rings (SSSR count). The van der Waals surface area contributed by atoms with Crippen LogP contribution in [-0.4, -0.2) is 31.5 Å². The van der Waals surface area contributed by atoms with Gasteiger partial charge in [0.1, 0.15) is 0 Å². The zero-order chi connectivity index (χ0) is 12.5. The van der Waals surface area contributed by atoms with E-state index in [9.17, 15) is 0 Å². The van der Waals surface area contributed by atoms with Crippen LogP contribution < -0.4 is 0 Å². The summed E-state index contributed by atoms with van der Waals surface area (Å²) in [5.41, 5.74) is 0. The Morgan fingerprint density at radius 3 is 3.00 bits per heavy atom. The van der Waals surface area contributed by atoms with Crippen LogP contribution in [0.15, 0.2) is 12.1 Å². The van der Waals surface area contributed by atoms with Gasteiger partial charge in [0.15, 0.2) is 0 Å². The highest BCUT2D eigenvalue weighted by Gasteiger charge is 2.03. The van der Waals surface area contributed by atoms with E-state index in [2.05, 4.69) is 11.8 Å². The van der Waals surface area contributed by atoms with E-state index in [-0.39, 0.29) is 12.7 Å². The maximum Gasteiger partial charge on any atom is 0.0814 e. The van der Waals surface area contributed by atoms with Gasteiger partial charge in [-0.25, -0.2) is 0 Å². The van der Waals surface area contributed by atoms with Crippen LogP contribution in [0.4, 0.5) is 0 Å². The first-order valence-electron chi connectivity index (χ1n) is 5.55. The fourth-order valence-corrected chi connectivity index (χ4v) is 2.04. The third-order valence-corrected chi connectivity index (χ3v) is 3.00. The maximum absolute atomic E-state index is 8.61. The molecule has 1 atom stereocenters. The molecule has 0 fully saturated rings. The topological polar surface area (TPSA) is 38.7 Å². The van der Waals surface area contributed by atoms with Crippen molar-refractivity contribution in [3.05, 3.63) is 21.9 Å². The van der Waals surface area contributed by atoms with Gasteiger partial charge in [0.2, 0.25) is 0 Å². The van der Waals surface area contributed by atoms with Crippen molar-refractivity contribution in [3.8, 4) is 11.8 Å². The van der Waals surface area contributed by atoms with Crippen LogP contribution in [0.2, 0.25) is 0 Å². The van der Waals surface area contributed by atoms with Crippen LogP contribution in [0.1, 0.15) is 23.1 Å². The number of hydrogen-bond acceptors (Lipinski definition) is 4. The second kappa shape index (κ2) is 8.26. The van der Waals surface area contributed by atoms with Crippen LogP contribution in [0.25, 0.3) is 0 Å². The van der Waals surface area contributed by atoms with Crippen molar-refractivity contribution in [2.24, 2.45) is 0 Å². The van der Waals surface area contributed by atoms with E-state index in [1.165, 1.54) is 0 Å². The van der Waals surface area contributed by atoms with Gasteiger partial charge in [0.05, 0.1) is 30.8 Å². The van der Waals surface area contributed by atoms with E-state index in [0.717, 1.165) is 9.75 Å². The predicted octanol–water partition coefficient (Wildman–Crippen LogP) is 2.03. The molecule has 1 unspecified atom stereocenters. The van der Waals surface area contributed by atoms with E-state index in [4.69, 9.17) is 14.6 Å². The molecule has 3 nitrogen and oxygen atoms in total. The zero-order valence-electron chi connectivity index (χ0n) is 10.2. The molecule has 0 aliphatic rings. The zero-order valence-corrected chi connectivity index (χ0v) is 11.0. The highest BCUT2D eigenvalue weighted by atomic mass is 32.1. The first-order chi connectivity index (χ1) is 8.26. The van der Waals surface area contributed by atoms with Gasteiger partial charge in [-0.2, -0.15) is 0 Å². The quantitative estimate of drug-likeness (QED) is 0.790. The molecule has 0 saturated carbocycles. The number of hydrogen-bond donors (Lipinski definition) is 1. The van der Waals surface area contributed by atoms with Crippen molar-refractivity contribution in [2.75, 3.05) is 20.3 Å². The van der Waals surface area contributed by atoms with Gasteiger partial charge in [-0.15, -0.1) is 11.3 Å². The van der Waals surface area contributed by atoms with Crippen LogP contribution in [0.5, 0.6) is 0 Å². The van der Waals surface area contributed by atoms with Gasteiger partial charge in [-0.1, -0.05) is 11.8 Å². The molecule has 1 aromatic rings. The van der Waals surface area contributed by atoms with Crippen molar-refractivity contribution in [3.63, 3.8) is 0 Å². The van der Waals surface area contributed by atoms with Gasteiger partial charge >= 0.3 is 0 Å². The Labute approximate surface area is 106 Å². The molecule has 0 saturated heterocycles. The fraction of sp³-hybridized carbons (Fsp3) is 0.538. The summed E-state index contributed by atoms with van der Waals surface area (Å²) < 4.78 is 10.6. The number of aliphatic hydroxyl groups is 1. The summed E-state index contributed by atoms with van der Waals surface area (Å²) in [5, 5.41) is 8.61. The van der Waals surface area contributed by atoms with Crippen LogP contribution in [-0.2, 0) is 16.1 Å². The van der Waals surface area contributed by atoms with E-state index >= 15 is 0 Å². The number of ether oxygens (including phenoxy) is 2. The Morgan fingerprint density at radius 1 is 1.47 bits per heavy atom. The van der Waals surface area contributed by atoms with Crippen LogP contribution >= 0.6 is 11.3 Å². The Morgan fingerprint density at radius 2 is 2.29 bits per heavy atom.